The van der Waals surface area contributed by atoms with E-state index in [0.29, 0.717) is 4.47 Å². The van der Waals surface area contributed by atoms with Gasteiger partial charge in [0, 0.05) is 0 Å². The highest BCUT2D eigenvalue weighted by atomic mass is 79.9. The van der Waals surface area contributed by atoms with Crippen LogP contribution in [0.1, 0.15) is 42.1 Å². The van der Waals surface area contributed by atoms with E-state index in [1.165, 1.54) is 17.2 Å². The molecule has 0 saturated heterocycles. The van der Waals surface area contributed by atoms with Crippen LogP contribution in [-0.2, 0) is 12.8 Å². The van der Waals surface area contributed by atoms with Gasteiger partial charge in [0.15, 0.2) is 0 Å². The van der Waals surface area contributed by atoms with Gasteiger partial charge in [0.25, 0.3) is 0 Å². The van der Waals surface area contributed by atoms with Gasteiger partial charge in [-0.1, -0.05) is 44.2 Å². The predicted molar refractivity (Wildman–Crippen MR) is 85.3 cm³/mol. The lowest BCUT2D eigenvalue weighted by atomic mass is 9.94. The van der Waals surface area contributed by atoms with Gasteiger partial charge in [-0.2, -0.15) is 0 Å². The molecule has 2 aromatic carbocycles. The molecule has 2 rings (SSSR count). The first-order chi connectivity index (χ1) is 9.58. The summed E-state index contributed by atoms with van der Waals surface area (Å²) in [5, 5.41) is 0. The second-order valence-corrected chi connectivity index (χ2v) is 5.65. The molecule has 0 amide bonds. The Morgan fingerprint density at radius 2 is 1.80 bits per heavy atom. The van der Waals surface area contributed by atoms with Crippen LogP contribution in [0.25, 0.3) is 0 Å². The minimum atomic E-state index is -0.323. The van der Waals surface area contributed by atoms with E-state index in [0.717, 1.165) is 24.0 Å². The van der Waals surface area contributed by atoms with E-state index in [9.17, 15) is 4.39 Å². The Bertz CT molecular complexity index is 610. The Morgan fingerprint density at radius 1 is 1.10 bits per heavy atom. The summed E-state index contributed by atoms with van der Waals surface area (Å²) in [6.07, 6.45) is 2.00. The first-order valence-corrected chi connectivity index (χ1v) is 7.69. The van der Waals surface area contributed by atoms with Gasteiger partial charge in [-0.3, -0.25) is 0 Å². The molecule has 1 nitrogen and oxygen atoms in total. The summed E-state index contributed by atoms with van der Waals surface area (Å²) in [6, 6.07) is 11.0. The van der Waals surface area contributed by atoms with E-state index in [-0.39, 0.29) is 11.9 Å². The monoisotopic (exact) mass is 335 g/mol. The van der Waals surface area contributed by atoms with Crippen LogP contribution >= 0.6 is 15.9 Å². The quantitative estimate of drug-likeness (QED) is 0.856. The van der Waals surface area contributed by atoms with Crippen molar-refractivity contribution in [2.45, 2.75) is 32.7 Å². The molecule has 1 atom stereocenters. The van der Waals surface area contributed by atoms with Gasteiger partial charge in [0.2, 0.25) is 0 Å². The van der Waals surface area contributed by atoms with Crippen molar-refractivity contribution in [1.82, 2.24) is 0 Å². The molecule has 0 saturated carbocycles. The minimum absolute atomic E-state index is 0.279. The molecule has 0 bridgehead atoms. The number of hydrogen-bond acceptors (Lipinski definition) is 1. The Kier molecular flexibility index (Phi) is 4.95. The highest BCUT2D eigenvalue weighted by Crippen LogP contribution is 2.30. The number of nitrogens with two attached hydrogens (primary N) is 1. The van der Waals surface area contributed by atoms with E-state index < -0.39 is 0 Å². The standard InChI is InChI=1S/C17H19BrFN/c1-3-11-8-9-13(10-12(11)4-2)17(20)14-6-5-7-15(19)16(14)18/h5-10,17H,3-4,20H2,1-2H3. The second kappa shape index (κ2) is 6.51. The second-order valence-electron chi connectivity index (χ2n) is 4.86. The van der Waals surface area contributed by atoms with Gasteiger partial charge in [-0.15, -0.1) is 0 Å². The third kappa shape index (κ3) is 2.94. The van der Waals surface area contributed by atoms with Gasteiger partial charge in [0.05, 0.1) is 10.5 Å². The number of halogens is 2. The molecule has 0 aliphatic heterocycles. The van der Waals surface area contributed by atoms with Crippen molar-refractivity contribution in [2.24, 2.45) is 5.73 Å². The average molecular weight is 336 g/mol. The molecular weight excluding hydrogens is 317 g/mol. The third-order valence-electron chi connectivity index (χ3n) is 3.67. The summed E-state index contributed by atoms with van der Waals surface area (Å²) < 4.78 is 14.1. The summed E-state index contributed by atoms with van der Waals surface area (Å²) in [5.41, 5.74) is 10.8. The fourth-order valence-corrected chi connectivity index (χ4v) is 2.96. The number of aryl methyl sites for hydroxylation is 2. The Morgan fingerprint density at radius 3 is 2.45 bits per heavy atom. The van der Waals surface area contributed by atoms with Crippen molar-refractivity contribution in [2.75, 3.05) is 0 Å². The molecule has 2 N–H and O–H groups in total. The van der Waals surface area contributed by atoms with Crippen LogP contribution in [-0.4, -0.2) is 0 Å². The third-order valence-corrected chi connectivity index (χ3v) is 4.50. The average Bonchev–Trinajstić information content (AvgIpc) is 2.48. The maximum absolute atomic E-state index is 13.6. The zero-order valence-corrected chi connectivity index (χ0v) is 13.4. The van der Waals surface area contributed by atoms with Crippen LogP contribution in [0.2, 0.25) is 0 Å². The van der Waals surface area contributed by atoms with Crippen LogP contribution in [0, 0.1) is 5.82 Å². The fraction of sp³-hybridized carbons (Fsp3) is 0.294. The van der Waals surface area contributed by atoms with Crippen molar-refractivity contribution in [3.8, 4) is 0 Å². The van der Waals surface area contributed by atoms with E-state index in [1.807, 2.05) is 12.1 Å². The molecule has 0 radical (unpaired) electrons. The van der Waals surface area contributed by atoms with E-state index in [4.69, 9.17) is 5.73 Å². The molecule has 0 spiro atoms. The Hall–Kier alpha value is -1.19. The summed E-state index contributed by atoms with van der Waals surface area (Å²) in [4.78, 5) is 0. The van der Waals surface area contributed by atoms with Crippen LogP contribution < -0.4 is 5.73 Å². The van der Waals surface area contributed by atoms with Gasteiger partial charge >= 0.3 is 0 Å². The highest BCUT2D eigenvalue weighted by Gasteiger charge is 2.15. The lowest BCUT2D eigenvalue weighted by Crippen LogP contribution is -2.13. The SMILES string of the molecule is CCc1ccc(C(N)c2cccc(F)c2Br)cc1CC. The van der Waals surface area contributed by atoms with Gasteiger partial charge in [-0.25, -0.2) is 4.39 Å². The molecule has 2 aromatic rings. The maximum atomic E-state index is 13.6. The van der Waals surface area contributed by atoms with Crippen molar-refractivity contribution in [1.29, 1.82) is 0 Å². The van der Waals surface area contributed by atoms with E-state index in [1.54, 1.807) is 6.07 Å². The van der Waals surface area contributed by atoms with E-state index in [2.05, 4.69) is 41.9 Å². The fourth-order valence-electron chi connectivity index (χ4n) is 2.45. The number of benzene rings is 2. The molecule has 0 aliphatic rings. The highest BCUT2D eigenvalue weighted by molar-refractivity contribution is 9.10. The summed E-state index contributed by atoms with van der Waals surface area (Å²) in [5.74, 6) is -0.279. The first kappa shape index (κ1) is 15.2. The summed E-state index contributed by atoms with van der Waals surface area (Å²) >= 11 is 3.29. The van der Waals surface area contributed by atoms with Crippen molar-refractivity contribution in [3.63, 3.8) is 0 Å². The van der Waals surface area contributed by atoms with Gasteiger partial charge in [-0.05, 0) is 57.1 Å². The minimum Gasteiger partial charge on any atom is -0.320 e. The largest absolute Gasteiger partial charge is 0.320 e. The normalized spacial score (nSPS) is 12.4. The van der Waals surface area contributed by atoms with Crippen molar-refractivity contribution >= 4 is 15.9 Å². The molecular formula is C17H19BrFN. The zero-order chi connectivity index (χ0) is 14.7. The predicted octanol–water partition coefficient (Wildman–Crippen LogP) is 4.76. The van der Waals surface area contributed by atoms with Crippen LogP contribution in [0.3, 0.4) is 0 Å². The molecule has 0 fully saturated rings. The summed E-state index contributed by atoms with van der Waals surface area (Å²) in [6.45, 7) is 4.29. The lowest BCUT2D eigenvalue weighted by Gasteiger charge is -2.17. The number of rotatable bonds is 4. The molecule has 0 aliphatic carbocycles. The van der Waals surface area contributed by atoms with Gasteiger partial charge < -0.3 is 5.73 Å². The molecule has 0 aromatic heterocycles. The summed E-state index contributed by atoms with van der Waals surface area (Å²) in [7, 11) is 0. The van der Waals surface area contributed by atoms with Crippen molar-refractivity contribution in [3.05, 3.63) is 68.9 Å². The van der Waals surface area contributed by atoms with Crippen LogP contribution in [0.4, 0.5) is 4.39 Å². The molecule has 0 heterocycles. The lowest BCUT2D eigenvalue weighted by molar-refractivity contribution is 0.616. The molecule has 1 unspecified atom stereocenters. The number of hydrogen-bond donors (Lipinski definition) is 1. The zero-order valence-electron chi connectivity index (χ0n) is 11.8. The van der Waals surface area contributed by atoms with E-state index >= 15 is 0 Å². The first-order valence-electron chi connectivity index (χ1n) is 6.89. The van der Waals surface area contributed by atoms with Crippen LogP contribution in [0.15, 0.2) is 40.9 Å². The Balaban J connectivity index is 2.43. The molecule has 3 heteroatoms. The maximum Gasteiger partial charge on any atom is 0.137 e. The molecule has 20 heavy (non-hydrogen) atoms. The Labute approximate surface area is 128 Å². The topological polar surface area (TPSA) is 26.0 Å². The van der Waals surface area contributed by atoms with Crippen LogP contribution in [0.5, 0.6) is 0 Å². The molecule has 106 valence electrons. The smallest absolute Gasteiger partial charge is 0.137 e. The van der Waals surface area contributed by atoms with Gasteiger partial charge in [0.1, 0.15) is 5.82 Å². The van der Waals surface area contributed by atoms with Crippen molar-refractivity contribution < 1.29 is 4.39 Å².